The fraction of sp³-hybridized carbons (Fsp3) is 0.118. The summed E-state index contributed by atoms with van der Waals surface area (Å²) in [5, 5.41) is 19.2. The Morgan fingerprint density at radius 1 is 1.21 bits per heavy atom. The molecule has 0 radical (unpaired) electrons. The number of H-pyrrole nitrogens is 1. The number of aliphatic hydroxyl groups is 1. The van der Waals surface area contributed by atoms with Crippen molar-refractivity contribution in [1.82, 2.24) is 20.2 Å². The van der Waals surface area contributed by atoms with Crippen LogP contribution < -0.4 is 0 Å². The molecule has 0 saturated carbocycles. The number of fused-ring (bicyclic) bond motifs is 1. The molecule has 0 atom stereocenters. The number of hydrogen-bond acceptors (Lipinski definition) is 5. The fourth-order valence-corrected chi connectivity index (χ4v) is 3.62. The smallest absolute Gasteiger partial charge is 0.0988 e. The van der Waals surface area contributed by atoms with E-state index in [4.69, 9.17) is 16.7 Å². The Hall–Kier alpha value is -2.28. The van der Waals surface area contributed by atoms with Gasteiger partial charge in [0.05, 0.1) is 32.7 Å². The molecule has 0 saturated heterocycles. The van der Waals surface area contributed by atoms with Gasteiger partial charge in [0, 0.05) is 35.5 Å². The van der Waals surface area contributed by atoms with Crippen LogP contribution in [0.25, 0.3) is 22.2 Å². The van der Waals surface area contributed by atoms with Crippen LogP contribution in [0.3, 0.4) is 0 Å². The molecular formula is C17H13ClN4OS. The first-order valence-corrected chi connectivity index (χ1v) is 8.56. The molecule has 0 aliphatic carbocycles. The molecule has 0 aliphatic heterocycles. The highest BCUT2D eigenvalue weighted by atomic mass is 35.5. The van der Waals surface area contributed by atoms with Gasteiger partial charge in [-0.3, -0.25) is 10.1 Å². The third-order valence-corrected chi connectivity index (χ3v) is 5.04. The third-order valence-electron chi connectivity index (χ3n) is 3.75. The molecule has 2 N–H and O–H groups in total. The standard InChI is InChI=1S/C17H13ClN4OS/c18-13-2-1-5-19-17(13)10-3-4-14-12(6-10)15(22-21-14)7-16-20-8-11(9-23)24-16/h1-6,8,23H,7,9H2,(H,21,22). The van der Waals surface area contributed by atoms with Gasteiger partial charge in [0.1, 0.15) is 0 Å². The van der Waals surface area contributed by atoms with Gasteiger partial charge in [0.15, 0.2) is 0 Å². The van der Waals surface area contributed by atoms with Crippen molar-refractivity contribution in [2.75, 3.05) is 0 Å². The minimum Gasteiger partial charge on any atom is -0.391 e. The maximum atomic E-state index is 9.17. The lowest BCUT2D eigenvalue weighted by atomic mass is 10.1. The van der Waals surface area contributed by atoms with Crippen LogP contribution in [0.15, 0.2) is 42.7 Å². The normalized spacial score (nSPS) is 11.2. The van der Waals surface area contributed by atoms with Crippen LogP contribution in [0, 0.1) is 0 Å². The summed E-state index contributed by atoms with van der Waals surface area (Å²) in [6, 6.07) is 9.61. The topological polar surface area (TPSA) is 74.7 Å². The second-order valence-corrected chi connectivity index (χ2v) is 6.93. The second kappa shape index (κ2) is 6.32. The van der Waals surface area contributed by atoms with Gasteiger partial charge < -0.3 is 5.11 Å². The Kier molecular flexibility index (Phi) is 4.02. The molecule has 4 aromatic rings. The monoisotopic (exact) mass is 356 g/mol. The minimum absolute atomic E-state index is 0.0176. The molecule has 4 rings (SSSR count). The van der Waals surface area contributed by atoms with Crippen LogP contribution in [-0.2, 0) is 13.0 Å². The molecule has 24 heavy (non-hydrogen) atoms. The quantitative estimate of drug-likeness (QED) is 0.583. The summed E-state index contributed by atoms with van der Waals surface area (Å²) in [4.78, 5) is 9.56. The van der Waals surface area contributed by atoms with Gasteiger partial charge in [-0.2, -0.15) is 5.10 Å². The molecule has 7 heteroatoms. The molecule has 0 spiro atoms. The molecule has 1 aromatic carbocycles. The summed E-state index contributed by atoms with van der Waals surface area (Å²) in [5.41, 5.74) is 3.58. The Bertz CT molecular complexity index is 1010. The first-order chi connectivity index (χ1) is 11.7. The molecule has 3 aromatic heterocycles. The third kappa shape index (κ3) is 2.80. The lowest BCUT2D eigenvalue weighted by molar-refractivity contribution is 0.285. The first kappa shape index (κ1) is 15.3. The molecule has 0 fully saturated rings. The van der Waals surface area contributed by atoms with Crippen molar-refractivity contribution >= 4 is 33.8 Å². The number of nitrogens with one attached hydrogen (secondary N) is 1. The van der Waals surface area contributed by atoms with Crippen molar-refractivity contribution in [2.24, 2.45) is 0 Å². The van der Waals surface area contributed by atoms with E-state index in [0.29, 0.717) is 11.4 Å². The number of aromatic amines is 1. The molecule has 0 aliphatic rings. The first-order valence-electron chi connectivity index (χ1n) is 7.37. The van der Waals surface area contributed by atoms with E-state index < -0.39 is 0 Å². The number of aliphatic hydroxyl groups excluding tert-OH is 1. The van der Waals surface area contributed by atoms with Gasteiger partial charge in [-0.15, -0.1) is 11.3 Å². The minimum atomic E-state index is 0.0176. The Balaban J connectivity index is 1.75. The van der Waals surface area contributed by atoms with Gasteiger partial charge in [-0.05, 0) is 24.3 Å². The van der Waals surface area contributed by atoms with Gasteiger partial charge in [-0.25, -0.2) is 4.98 Å². The van der Waals surface area contributed by atoms with E-state index in [0.717, 1.165) is 37.7 Å². The number of rotatable bonds is 4. The Morgan fingerprint density at radius 3 is 2.92 bits per heavy atom. The van der Waals surface area contributed by atoms with E-state index in [1.807, 2.05) is 30.3 Å². The molecule has 5 nitrogen and oxygen atoms in total. The van der Waals surface area contributed by atoms with Crippen molar-refractivity contribution in [3.8, 4) is 11.3 Å². The molecular weight excluding hydrogens is 344 g/mol. The van der Waals surface area contributed by atoms with Crippen molar-refractivity contribution in [2.45, 2.75) is 13.0 Å². The van der Waals surface area contributed by atoms with Crippen LogP contribution >= 0.6 is 22.9 Å². The zero-order valence-corrected chi connectivity index (χ0v) is 14.1. The predicted molar refractivity (Wildman–Crippen MR) is 95.2 cm³/mol. The van der Waals surface area contributed by atoms with Crippen LogP contribution in [0.2, 0.25) is 5.02 Å². The van der Waals surface area contributed by atoms with Crippen LogP contribution in [0.5, 0.6) is 0 Å². The highest BCUT2D eigenvalue weighted by molar-refractivity contribution is 7.11. The predicted octanol–water partition coefficient (Wildman–Crippen LogP) is 3.82. The Morgan fingerprint density at radius 2 is 2.12 bits per heavy atom. The van der Waals surface area contributed by atoms with Crippen LogP contribution in [0.1, 0.15) is 15.6 Å². The van der Waals surface area contributed by atoms with Crippen LogP contribution in [0.4, 0.5) is 0 Å². The highest BCUT2D eigenvalue weighted by Crippen LogP contribution is 2.29. The maximum absolute atomic E-state index is 9.17. The van der Waals surface area contributed by atoms with E-state index in [9.17, 15) is 0 Å². The van der Waals surface area contributed by atoms with Gasteiger partial charge in [-0.1, -0.05) is 17.7 Å². The summed E-state index contributed by atoms with van der Waals surface area (Å²) < 4.78 is 0. The Labute approximate surface area is 147 Å². The summed E-state index contributed by atoms with van der Waals surface area (Å²) in [5.74, 6) is 0. The van der Waals surface area contributed by atoms with Crippen molar-refractivity contribution in [3.05, 3.63) is 63.3 Å². The van der Waals surface area contributed by atoms with E-state index >= 15 is 0 Å². The highest BCUT2D eigenvalue weighted by Gasteiger charge is 2.12. The van der Waals surface area contributed by atoms with Crippen LogP contribution in [-0.4, -0.2) is 25.3 Å². The van der Waals surface area contributed by atoms with Crippen molar-refractivity contribution in [1.29, 1.82) is 0 Å². The molecule has 0 bridgehead atoms. The lowest BCUT2D eigenvalue weighted by Gasteiger charge is -2.03. The van der Waals surface area contributed by atoms with Gasteiger partial charge in [0.25, 0.3) is 0 Å². The zero-order chi connectivity index (χ0) is 16.5. The molecule has 0 unspecified atom stereocenters. The largest absolute Gasteiger partial charge is 0.391 e. The summed E-state index contributed by atoms with van der Waals surface area (Å²) in [7, 11) is 0. The summed E-state index contributed by atoms with van der Waals surface area (Å²) in [6.07, 6.45) is 4.08. The van der Waals surface area contributed by atoms with E-state index in [2.05, 4.69) is 20.2 Å². The molecule has 3 heterocycles. The molecule has 0 amide bonds. The average Bonchev–Trinajstić information content (AvgIpc) is 3.22. The second-order valence-electron chi connectivity index (χ2n) is 5.32. The number of benzene rings is 1. The zero-order valence-electron chi connectivity index (χ0n) is 12.5. The number of pyridine rings is 1. The van der Waals surface area contributed by atoms with Crippen molar-refractivity contribution in [3.63, 3.8) is 0 Å². The average molecular weight is 357 g/mol. The number of nitrogens with zero attached hydrogens (tertiary/aromatic N) is 3. The van der Waals surface area contributed by atoms with E-state index in [1.54, 1.807) is 12.4 Å². The van der Waals surface area contributed by atoms with Crippen molar-refractivity contribution < 1.29 is 5.11 Å². The SMILES string of the molecule is OCc1cnc(Cc2[nH]nc3ccc(-c4ncccc4Cl)cc23)s1. The summed E-state index contributed by atoms with van der Waals surface area (Å²) >= 11 is 7.75. The maximum Gasteiger partial charge on any atom is 0.0988 e. The van der Waals surface area contributed by atoms with E-state index in [1.165, 1.54) is 11.3 Å². The van der Waals surface area contributed by atoms with E-state index in [-0.39, 0.29) is 6.61 Å². The molecule has 120 valence electrons. The number of aromatic nitrogens is 4. The number of hydrogen-bond donors (Lipinski definition) is 2. The number of thiazole rings is 1. The lowest BCUT2D eigenvalue weighted by Crippen LogP contribution is -1.89. The summed E-state index contributed by atoms with van der Waals surface area (Å²) in [6.45, 7) is 0.0176. The fourth-order valence-electron chi connectivity index (χ4n) is 2.60. The number of halogens is 1. The van der Waals surface area contributed by atoms with Gasteiger partial charge in [0.2, 0.25) is 0 Å². The van der Waals surface area contributed by atoms with Gasteiger partial charge >= 0.3 is 0 Å².